The third-order valence-corrected chi connectivity index (χ3v) is 3.97. The highest BCUT2D eigenvalue weighted by Crippen LogP contribution is 2.22. The van der Waals surface area contributed by atoms with Crippen LogP contribution in [0.5, 0.6) is 0 Å². The highest BCUT2D eigenvalue weighted by atomic mass is 16.3. The summed E-state index contributed by atoms with van der Waals surface area (Å²) < 4.78 is 0. The molecule has 1 aromatic carbocycles. The smallest absolute Gasteiger partial charge is 0.254 e. The number of amides is 1. The van der Waals surface area contributed by atoms with Crippen LogP contribution in [0.25, 0.3) is 0 Å². The summed E-state index contributed by atoms with van der Waals surface area (Å²) in [6.45, 7) is 3.94. The molecule has 1 saturated heterocycles. The molecule has 3 nitrogen and oxygen atoms in total. The van der Waals surface area contributed by atoms with Crippen molar-refractivity contribution < 1.29 is 9.90 Å². The van der Waals surface area contributed by atoms with Gasteiger partial charge in [-0.3, -0.25) is 4.79 Å². The maximum Gasteiger partial charge on any atom is 0.254 e. The molecule has 1 atom stereocenters. The van der Waals surface area contributed by atoms with Crippen LogP contribution in [0.1, 0.15) is 42.1 Å². The quantitative estimate of drug-likeness (QED) is 0.904. The maximum atomic E-state index is 12.6. The predicted molar refractivity (Wildman–Crippen MR) is 76.2 cm³/mol. The summed E-state index contributed by atoms with van der Waals surface area (Å²) in [5.41, 5.74) is 1.96. The lowest BCUT2D eigenvalue weighted by molar-refractivity contribution is 0.0652. The number of benzene rings is 1. The Morgan fingerprint density at radius 3 is 2.95 bits per heavy atom. The van der Waals surface area contributed by atoms with Gasteiger partial charge in [0.15, 0.2) is 0 Å². The van der Waals surface area contributed by atoms with E-state index < -0.39 is 0 Å². The van der Waals surface area contributed by atoms with Crippen LogP contribution in [0, 0.1) is 5.92 Å². The summed E-state index contributed by atoms with van der Waals surface area (Å²) in [6.07, 6.45) is 3.86. The second-order valence-electron chi connectivity index (χ2n) is 5.28. The van der Waals surface area contributed by atoms with Crippen molar-refractivity contribution in [3.05, 3.63) is 35.4 Å². The third kappa shape index (κ3) is 3.35. The number of aryl methyl sites for hydroxylation is 1. The zero-order valence-electron chi connectivity index (χ0n) is 11.6. The molecule has 0 radical (unpaired) electrons. The first-order chi connectivity index (χ1) is 9.26. The molecule has 0 spiro atoms. The molecule has 1 aliphatic heterocycles. The van der Waals surface area contributed by atoms with E-state index in [0.717, 1.165) is 49.9 Å². The van der Waals surface area contributed by atoms with E-state index in [0.29, 0.717) is 5.92 Å². The van der Waals surface area contributed by atoms with E-state index in [9.17, 15) is 4.79 Å². The zero-order chi connectivity index (χ0) is 13.7. The summed E-state index contributed by atoms with van der Waals surface area (Å²) in [7, 11) is 0. The van der Waals surface area contributed by atoms with Crippen LogP contribution in [-0.4, -0.2) is 35.6 Å². The number of hydrogen-bond donors (Lipinski definition) is 1. The first kappa shape index (κ1) is 14.1. The molecule has 104 valence electrons. The minimum absolute atomic E-state index is 0.153. The van der Waals surface area contributed by atoms with E-state index in [4.69, 9.17) is 5.11 Å². The lowest BCUT2D eigenvalue weighted by Crippen LogP contribution is -2.40. The predicted octanol–water partition coefficient (Wildman–Crippen LogP) is 2.48. The minimum atomic E-state index is 0.153. The molecular weight excluding hydrogens is 238 g/mol. The average Bonchev–Trinajstić information content (AvgIpc) is 2.47. The number of aliphatic hydroxyl groups is 1. The molecule has 1 heterocycles. The minimum Gasteiger partial charge on any atom is -0.396 e. The number of piperidine rings is 1. The van der Waals surface area contributed by atoms with E-state index >= 15 is 0 Å². The lowest BCUT2D eigenvalue weighted by Gasteiger charge is -2.33. The fourth-order valence-corrected chi connectivity index (χ4v) is 2.88. The van der Waals surface area contributed by atoms with Crippen LogP contribution in [0.4, 0.5) is 0 Å². The zero-order valence-corrected chi connectivity index (χ0v) is 11.6. The molecule has 1 N–H and O–H groups in total. The normalized spacial score (nSPS) is 19.5. The molecule has 2 rings (SSSR count). The number of carbonyl (C=O) groups excluding carboxylic acids is 1. The molecule has 1 amide bonds. The van der Waals surface area contributed by atoms with Crippen LogP contribution in [-0.2, 0) is 6.42 Å². The molecular formula is C16H23NO2. The van der Waals surface area contributed by atoms with Crippen molar-refractivity contribution in [2.45, 2.75) is 32.6 Å². The summed E-state index contributed by atoms with van der Waals surface area (Å²) >= 11 is 0. The topological polar surface area (TPSA) is 40.5 Å². The summed E-state index contributed by atoms with van der Waals surface area (Å²) in [6, 6.07) is 7.88. The van der Waals surface area contributed by atoms with Crippen molar-refractivity contribution in [3.63, 3.8) is 0 Å². The molecule has 1 aromatic rings. The molecule has 0 aromatic heterocycles. The average molecular weight is 261 g/mol. The number of rotatable bonds is 4. The van der Waals surface area contributed by atoms with Crippen LogP contribution in [0.3, 0.4) is 0 Å². The SMILES string of the molecule is CCc1ccccc1C(=O)N1CCCC(CCO)C1. The Kier molecular flexibility index (Phi) is 4.97. The Balaban J connectivity index is 2.10. The van der Waals surface area contributed by atoms with Gasteiger partial charge in [0.2, 0.25) is 0 Å². The van der Waals surface area contributed by atoms with Crippen LogP contribution in [0.15, 0.2) is 24.3 Å². The second kappa shape index (κ2) is 6.71. The van der Waals surface area contributed by atoms with E-state index in [1.54, 1.807) is 0 Å². The molecule has 1 fully saturated rings. The van der Waals surface area contributed by atoms with Crippen molar-refractivity contribution in [1.29, 1.82) is 0 Å². The van der Waals surface area contributed by atoms with Crippen LogP contribution in [0.2, 0.25) is 0 Å². The Labute approximate surface area is 115 Å². The van der Waals surface area contributed by atoms with Crippen molar-refractivity contribution >= 4 is 5.91 Å². The van der Waals surface area contributed by atoms with Crippen molar-refractivity contribution in [2.24, 2.45) is 5.92 Å². The van der Waals surface area contributed by atoms with Gasteiger partial charge in [0.1, 0.15) is 0 Å². The van der Waals surface area contributed by atoms with Gasteiger partial charge in [-0.05, 0) is 43.2 Å². The van der Waals surface area contributed by atoms with Gasteiger partial charge in [-0.2, -0.15) is 0 Å². The Morgan fingerprint density at radius 1 is 1.42 bits per heavy atom. The Morgan fingerprint density at radius 2 is 2.21 bits per heavy atom. The van der Waals surface area contributed by atoms with Crippen LogP contribution >= 0.6 is 0 Å². The molecule has 1 unspecified atom stereocenters. The van der Waals surface area contributed by atoms with E-state index in [1.165, 1.54) is 0 Å². The fourth-order valence-electron chi connectivity index (χ4n) is 2.88. The molecule has 0 aliphatic carbocycles. The summed E-state index contributed by atoms with van der Waals surface area (Å²) in [4.78, 5) is 14.5. The lowest BCUT2D eigenvalue weighted by atomic mass is 9.94. The van der Waals surface area contributed by atoms with Gasteiger partial charge >= 0.3 is 0 Å². The number of carbonyl (C=O) groups is 1. The molecule has 1 aliphatic rings. The van der Waals surface area contributed by atoms with Gasteiger partial charge in [0.05, 0.1) is 0 Å². The maximum absolute atomic E-state index is 12.6. The highest BCUT2D eigenvalue weighted by molar-refractivity contribution is 5.95. The Hall–Kier alpha value is -1.35. The van der Waals surface area contributed by atoms with E-state index in [1.807, 2.05) is 29.2 Å². The molecule has 0 bridgehead atoms. The van der Waals surface area contributed by atoms with Gasteiger partial charge in [-0.15, -0.1) is 0 Å². The standard InChI is InChI=1S/C16H23NO2/c1-2-14-7-3-4-8-15(14)16(19)17-10-5-6-13(12-17)9-11-18/h3-4,7-8,13,18H,2,5-6,9-12H2,1H3. The van der Waals surface area contributed by atoms with E-state index in [2.05, 4.69) is 6.92 Å². The third-order valence-electron chi connectivity index (χ3n) is 3.97. The number of aliphatic hydroxyl groups excluding tert-OH is 1. The van der Waals surface area contributed by atoms with Gasteiger partial charge in [0.25, 0.3) is 5.91 Å². The summed E-state index contributed by atoms with van der Waals surface area (Å²) in [5.74, 6) is 0.608. The van der Waals surface area contributed by atoms with Crippen LogP contribution < -0.4 is 0 Å². The summed E-state index contributed by atoms with van der Waals surface area (Å²) in [5, 5.41) is 9.04. The van der Waals surface area contributed by atoms with Crippen molar-refractivity contribution in [3.8, 4) is 0 Å². The largest absolute Gasteiger partial charge is 0.396 e. The molecule has 19 heavy (non-hydrogen) atoms. The fraction of sp³-hybridized carbons (Fsp3) is 0.562. The van der Waals surface area contributed by atoms with Gasteiger partial charge in [-0.25, -0.2) is 0 Å². The van der Waals surface area contributed by atoms with Crippen molar-refractivity contribution in [1.82, 2.24) is 4.90 Å². The molecule has 3 heteroatoms. The van der Waals surface area contributed by atoms with E-state index in [-0.39, 0.29) is 12.5 Å². The number of likely N-dealkylation sites (tertiary alicyclic amines) is 1. The first-order valence-corrected chi connectivity index (χ1v) is 7.24. The highest BCUT2D eigenvalue weighted by Gasteiger charge is 2.24. The van der Waals surface area contributed by atoms with Gasteiger partial charge in [0, 0.05) is 25.3 Å². The first-order valence-electron chi connectivity index (χ1n) is 7.24. The number of hydrogen-bond acceptors (Lipinski definition) is 2. The Bertz CT molecular complexity index is 429. The number of nitrogens with zero attached hydrogens (tertiary/aromatic N) is 1. The van der Waals surface area contributed by atoms with Crippen molar-refractivity contribution in [2.75, 3.05) is 19.7 Å². The van der Waals surface area contributed by atoms with Gasteiger partial charge < -0.3 is 10.0 Å². The van der Waals surface area contributed by atoms with Gasteiger partial charge in [-0.1, -0.05) is 25.1 Å². The monoisotopic (exact) mass is 261 g/mol. The second-order valence-corrected chi connectivity index (χ2v) is 5.28. The molecule has 0 saturated carbocycles.